The molecule has 10 aromatic carbocycles. The monoisotopic (exact) mass is 806 g/mol. The van der Waals surface area contributed by atoms with E-state index in [4.69, 9.17) is 0 Å². The van der Waals surface area contributed by atoms with Crippen molar-refractivity contribution < 1.29 is 0 Å². The molecule has 0 amide bonds. The predicted octanol–water partition coefficient (Wildman–Crippen LogP) is 14.5. The third-order valence-electron chi connectivity index (χ3n) is 14.5. The Hall–Kier alpha value is -5.90. The van der Waals surface area contributed by atoms with Crippen molar-refractivity contribution in [2.75, 3.05) is 12.3 Å². The van der Waals surface area contributed by atoms with Crippen molar-refractivity contribution in [3.05, 3.63) is 229 Å². The van der Waals surface area contributed by atoms with Crippen molar-refractivity contribution in [3.63, 3.8) is 0 Å². The van der Waals surface area contributed by atoms with Crippen LogP contribution in [0.4, 0.5) is 0 Å². The summed E-state index contributed by atoms with van der Waals surface area (Å²) in [5, 5.41) is 14.1. The van der Waals surface area contributed by atoms with Gasteiger partial charge in [0.25, 0.3) is 0 Å². The second kappa shape index (κ2) is 14.4. The van der Waals surface area contributed by atoms with Crippen LogP contribution in [0.5, 0.6) is 0 Å². The number of rotatable bonds is 5. The Bertz CT molecular complexity index is 2880. The van der Waals surface area contributed by atoms with Gasteiger partial charge in [0, 0.05) is 0 Å². The fourth-order valence-corrected chi connectivity index (χ4v) is 23.8. The minimum atomic E-state index is -2.30. The first-order chi connectivity index (χ1) is 29.7. The Labute approximate surface area is 354 Å². The van der Waals surface area contributed by atoms with Crippen molar-refractivity contribution in [1.82, 2.24) is 0 Å². The van der Waals surface area contributed by atoms with Gasteiger partial charge < -0.3 is 0 Å². The maximum atomic E-state index is 2.51. The molecule has 0 saturated heterocycles. The molecule has 0 spiro atoms. The number of benzene rings is 10. The summed E-state index contributed by atoms with van der Waals surface area (Å²) in [6.45, 7) is 0. The molecular weight excluding hydrogens is 759 g/mol. The van der Waals surface area contributed by atoms with Crippen molar-refractivity contribution in [1.29, 1.82) is 0 Å². The van der Waals surface area contributed by atoms with Crippen LogP contribution < -0.4 is 10.6 Å². The zero-order valence-electron chi connectivity index (χ0n) is 33.9. The van der Waals surface area contributed by atoms with Crippen LogP contribution in [0.2, 0.25) is 0 Å². The van der Waals surface area contributed by atoms with Crippen LogP contribution >= 0.6 is 14.5 Å². The summed E-state index contributed by atoms with van der Waals surface area (Å²) in [4.78, 5) is 0. The van der Waals surface area contributed by atoms with Gasteiger partial charge in [-0.2, -0.15) is 0 Å². The van der Waals surface area contributed by atoms with Gasteiger partial charge in [0.15, 0.2) is 0 Å². The molecule has 0 fully saturated rings. The quantitative estimate of drug-likeness (QED) is 0.152. The fourth-order valence-electron chi connectivity index (χ4n) is 11.7. The van der Waals surface area contributed by atoms with E-state index in [1.54, 1.807) is 10.6 Å². The average Bonchev–Trinajstić information content (AvgIpc) is 3.57. The van der Waals surface area contributed by atoms with Crippen LogP contribution in [-0.2, 0) is 24.6 Å². The van der Waals surface area contributed by atoms with E-state index in [9.17, 15) is 0 Å². The van der Waals surface area contributed by atoms with Crippen molar-refractivity contribution in [2.24, 2.45) is 0 Å². The van der Waals surface area contributed by atoms with E-state index in [2.05, 4.69) is 206 Å². The molecule has 2 aliphatic heterocycles. The van der Waals surface area contributed by atoms with Gasteiger partial charge in [0.2, 0.25) is 0 Å². The van der Waals surface area contributed by atoms with E-state index in [-0.39, 0.29) is 0 Å². The molecule has 60 heavy (non-hydrogen) atoms. The van der Waals surface area contributed by atoms with Crippen molar-refractivity contribution in [3.8, 4) is 22.3 Å². The Morgan fingerprint density at radius 1 is 0.250 bits per heavy atom. The molecule has 0 saturated carbocycles. The van der Waals surface area contributed by atoms with Gasteiger partial charge in [-0.05, 0) is 0 Å². The summed E-state index contributed by atoms with van der Waals surface area (Å²) < 4.78 is 0. The first-order valence-corrected chi connectivity index (χ1v) is 27.1. The van der Waals surface area contributed by atoms with Gasteiger partial charge in [-0.25, -0.2) is 0 Å². The molecule has 0 unspecified atom stereocenters. The third-order valence-corrected chi connectivity index (χ3v) is 24.8. The summed E-state index contributed by atoms with van der Waals surface area (Å²) in [7, 11) is -4.60. The van der Waals surface area contributed by atoms with Gasteiger partial charge in [-0.15, -0.1) is 0 Å². The van der Waals surface area contributed by atoms with Gasteiger partial charge in [0.1, 0.15) is 0 Å². The molecule has 0 aromatic heterocycles. The van der Waals surface area contributed by atoms with Crippen LogP contribution in [-0.4, -0.2) is 12.3 Å². The molecule has 0 bridgehead atoms. The van der Waals surface area contributed by atoms with Crippen LogP contribution in [0.1, 0.15) is 22.3 Å². The SMILES string of the molecule is c1ccc([PH]2(CC[PH]3(c4ccccc4)Cc4ccc5ccccc5c4-c4c(ccc5ccccc45)C3)Cc3ccc4ccccc4c3-c3c(ccc4ccccc34)C2)cc1. The minimum absolute atomic E-state index is 1.14. The summed E-state index contributed by atoms with van der Waals surface area (Å²) in [5.41, 5.74) is 12.0. The molecule has 12 rings (SSSR count). The Kier molecular flexibility index (Phi) is 8.63. The van der Waals surface area contributed by atoms with E-state index in [1.807, 2.05) is 0 Å². The molecule has 0 aliphatic carbocycles. The van der Waals surface area contributed by atoms with Crippen LogP contribution in [0.15, 0.2) is 206 Å². The summed E-state index contributed by atoms with van der Waals surface area (Å²) >= 11 is 0. The fraction of sp³-hybridized carbons (Fsp3) is 0.103. The van der Waals surface area contributed by atoms with Gasteiger partial charge in [0.05, 0.1) is 0 Å². The molecule has 2 heteroatoms. The summed E-state index contributed by atoms with van der Waals surface area (Å²) in [5.74, 6) is 0. The van der Waals surface area contributed by atoms with Gasteiger partial charge in [-0.1, -0.05) is 0 Å². The Balaban J connectivity index is 1.09. The Morgan fingerprint density at radius 2 is 0.500 bits per heavy atom. The van der Waals surface area contributed by atoms with E-state index < -0.39 is 14.5 Å². The van der Waals surface area contributed by atoms with Crippen LogP contribution in [0.3, 0.4) is 0 Å². The van der Waals surface area contributed by atoms with Gasteiger partial charge in [-0.3, -0.25) is 0 Å². The zero-order valence-corrected chi connectivity index (χ0v) is 35.9. The number of hydrogen-bond donors (Lipinski definition) is 0. The molecule has 0 nitrogen and oxygen atoms in total. The van der Waals surface area contributed by atoms with Crippen LogP contribution in [0, 0.1) is 0 Å². The number of hydrogen-bond acceptors (Lipinski definition) is 0. The molecule has 290 valence electrons. The van der Waals surface area contributed by atoms with E-state index >= 15 is 0 Å². The molecule has 0 atom stereocenters. The standard InChI is InChI=1S/C58H48P2/c1-3-19-49(20-4-1)59(37-45-31-27-41-15-7-11-23-51(41)55(45)56-46(38-59)32-28-42-16-8-12-24-52(42)56)35-36-60(50-21-5-2-6-22-50)39-47-33-29-43-17-9-13-25-53(43)57(47)58-48(40-60)34-30-44-18-10-14-26-54(44)58/h1-34,59-60H,35-40H2. The van der Waals surface area contributed by atoms with E-state index in [1.165, 1.54) is 99.9 Å². The normalized spacial score (nSPS) is 16.2. The van der Waals surface area contributed by atoms with E-state index in [0.29, 0.717) is 0 Å². The molecule has 2 aliphatic rings. The first kappa shape index (κ1) is 36.0. The predicted molar refractivity (Wildman–Crippen MR) is 267 cm³/mol. The first-order valence-electron chi connectivity index (χ1n) is 21.8. The zero-order chi connectivity index (χ0) is 39.7. The maximum absolute atomic E-state index is 2.51. The van der Waals surface area contributed by atoms with Crippen LogP contribution in [0.25, 0.3) is 65.3 Å². The summed E-state index contributed by atoms with van der Waals surface area (Å²) in [6.07, 6.45) is 7.07. The number of fused-ring (bicyclic) bond motifs is 14. The van der Waals surface area contributed by atoms with Crippen molar-refractivity contribution >= 4 is 68.2 Å². The molecule has 10 aromatic rings. The second-order valence-electron chi connectivity index (χ2n) is 17.8. The topological polar surface area (TPSA) is 0 Å². The second-order valence-corrected chi connectivity index (χ2v) is 26.5. The Morgan fingerprint density at radius 3 is 0.783 bits per heavy atom. The molecule has 0 radical (unpaired) electrons. The van der Waals surface area contributed by atoms with Crippen molar-refractivity contribution in [2.45, 2.75) is 24.6 Å². The third kappa shape index (κ3) is 5.80. The molecule has 0 N–H and O–H groups in total. The molecule has 2 heterocycles. The van der Waals surface area contributed by atoms with E-state index in [0.717, 1.165) is 24.6 Å². The average molecular weight is 807 g/mol. The molecular formula is C58H48P2. The summed E-state index contributed by atoms with van der Waals surface area (Å²) in [6, 6.07) is 79.9. The van der Waals surface area contributed by atoms with Gasteiger partial charge >= 0.3 is 356 Å².